The van der Waals surface area contributed by atoms with Crippen molar-refractivity contribution in [2.45, 2.75) is 39.5 Å². The van der Waals surface area contributed by atoms with Crippen molar-refractivity contribution >= 4 is 11.7 Å². The zero-order valence-corrected chi connectivity index (χ0v) is 17.0. The number of carbonyl (C=O) groups is 1. The van der Waals surface area contributed by atoms with E-state index < -0.39 is 11.6 Å². The fourth-order valence-electron chi connectivity index (χ4n) is 3.76. The second kappa shape index (κ2) is 8.30. The van der Waals surface area contributed by atoms with Gasteiger partial charge in [0.05, 0.1) is 23.5 Å². The van der Waals surface area contributed by atoms with Gasteiger partial charge < -0.3 is 5.32 Å². The molecule has 154 valence electrons. The van der Waals surface area contributed by atoms with Crippen LogP contribution in [0.25, 0.3) is 11.3 Å². The summed E-state index contributed by atoms with van der Waals surface area (Å²) in [5.41, 5.74) is 5.23. The van der Waals surface area contributed by atoms with Gasteiger partial charge in [-0.15, -0.1) is 0 Å². The molecule has 0 unspecified atom stereocenters. The van der Waals surface area contributed by atoms with Gasteiger partial charge in [0.1, 0.15) is 0 Å². The topological polar surface area (TPSA) is 54.9 Å². The maximum atomic E-state index is 13.4. The molecule has 1 aliphatic carbocycles. The van der Waals surface area contributed by atoms with E-state index >= 15 is 0 Å². The molecule has 1 aliphatic rings. The van der Waals surface area contributed by atoms with Crippen LogP contribution < -0.4 is 5.32 Å². The fourth-order valence-corrected chi connectivity index (χ4v) is 3.76. The highest BCUT2D eigenvalue weighted by Crippen LogP contribution is 2.33. The number of benzene rings is 2. The lowest BCUT2D eigenvalue weighted by atomic mass is 9.91. The first kappa shape index (κ1) is 20.1. The molecule has 2 aromatic carbocycles. The molecule has 1 N–H and O–H groups in total. The normalized spacial score (nSPS) is 12.4. The van der Waals surface area contributed by atoms with Crippen LogP contribution in [0.15, 0.2) is 42.5 Å². The summed E-state index contributed by atoms with van der Waals surface area (Å²) in [6.45, 7) is 4.17. The lowest BCUT2D eigenvalue weighted by molar-refractivity contribution is -0.115. The third kappa shape index (κ3) is 4.22. The summed E-state index contributed by atoms with van der Waals surface area (Å²) >= 11 is 0. The Labute approximate surface area is 174 Å². The predicted molar refractivity (Wildman–Crippen MR) is 112 cm³/mol. The van der Waals surface area contributed by atoms with Crippen LogP contribution in [0.1, 0.15) is 36.4 Å². The highest BCUT2D eigenvalue weighted by atomic mass is 19.2. The van der Waals surface area contributed by atoms with Gasteiger partial charge in [0.25, 0.3) is 0 Å². The summed E-state index contributed by atoms with van der Waals surface area (Å²) in [5, 5.41) is 2.84. The molecule has 0 fully saturated rings. The Morgan fingerprint density at radius 1 is 1.07 bits per heavy atom. The molecule has 0 radical (unpaired) electrons. The number of hydrogen-bond acceptors (Lipinski definition) is 3. The number of hydrogen-bond donors (Lipinski definition) is 1. The maximum absolute atomic E-state index is 13.4. The molecule has 4 rings (SSSR count). The summed E-state index contributed by atoms with van der Waals surface area (Å²) in [7, 11) is 0. The van der Waals surface area contributed by atoms with E-state index in [1.165, 1.54) is 11.6 Å². The van der Waals surface area contributed by atoms with Crippen LogP contribution in [-0.2, 0) is 30.5 Å². The molecule has 1 heterocycles. The molecule has 0 spiro atoms. The van der Waals surface area contributed by atoms with Gasteiger partial charge in [0.15, 0.2) is 17.5 Å². The third-order valence-corrected chi connectivity index (χ3v) is 5.15. The van der Waals surface area contributed by atoms with Crippen LogP contribution in [0.5, 0.6) is 0 Å². The van der Waals surface area contributed by atoms with Crippen LogP contribution in [0.4, 0.5) is 14.6 Å². The Morgan fingerprint density at radius 2 is 1.87 bits per heavy atom. The van der Waals surface area contributed by atoms with Gasteiger partial charge >= 0.3 is 0 Å². The fraction of sp³-hybridized carbons (Fsp3) is 0.292. The van der Waals surface area contributed by atoms with Gasteiger partial charge in [0, 0.05) is 5.56 Å². The number of anilines is 1. The van der Waals surface area contributed by atoms with Crippen molar-refractivity contribution in [3.05, 3.63) is 76.6 Å². The van der Waals surface area contributed by atoms with Crippen molar-refractivity contribution in [3.8, 4) is 11.3 Å². The molecule has 0 atom stereocenters. The quantitative estimate of drug-likeness (QED) is 0.655. The van der Waals surface area contributed by atoms with Gasteiger partial charge in [-0.3, -0.25) is 4.79 Å². The molecule has 0 saturated carbocycles. The third-order valence-electron chi connectivity index (χ3n) is 5.15. The maximum Gasteiger partial charge on any atom is 0.229 e. The largest absolute Gasteiger partial charge is 0.309 e. The van der Waals surface area contributed by atoms with Crippen molar-refractivity contribution in [1.29, 1.82) is 0 Å². The highest BCUT2D eigenvalue weighted by Gasteiger charge is 2.22. The molecule has 1 aromatic heterocycles. The number of halogens is 2. The van der Waals surface area contributed by atoms with Gasteiger partial charge in [-0.05, 0) is 48.4 Å². The molecule has 30 heavy (non-hydrogen) atoms. The first-order valence-electron chi connectivity index (χ1n) is 10.1. The van der Waals surface area contributed by atoms with Crippen LogP contribution in [0.3, 0.4) is 0 Å². The second-order valence-corrected chi connectivity index (χ2v) is 8.04. The lowest BCUT2D eigenvalue weighted by Crippen LogP contribution is -2.20. The first-order chi connectivity index (χ1) is 14.4. The van der Waals surface area contributed by atoms with Crippen molar-refractivity contribution in [1.82, 2.24) is 9.97 Å². The number of aromatic nitrogens is 2. The summed E-state index contributed by atoms with van der Waals surface area (Å²) in [6.07, 6.45) is 2.24. The van der Waals surface area contributed by atoms with Crippen LogP contribution >= 0.6 is 0 Å². The van der Waals surface area contributed by atoms with E-state index in [0.29, 0.717) is 23.7 Å². The number of carbonyl (C=O) groups excluding carboxylic acids is 1. The van der Waals surface area contributed by atoms with Crippen molar-refractivity contribution in [2.24, 2.45) is 5.92 Å². The molecule has 6 heteroatoms. The predicted octanol–water partition coefficient (Wildman–Crippen LogP) is 4.90. The van der Waals surface area contributed by atoms with E-state index in [2.05, 4.69) is 31.3 Å². The number of amides is 1. The molecular formula is C24H23F2N3O. The zero-order chi connectivity index (χ0) is 21.3. The molecule has 3 aromatic rings. The van der Waals surface area contributed by atoms with E-state index in [1.807, 2.05) is 12.1 Å². The number of nitrogens with zero attached hydrogens (tertiary/aromatic N) is 2. The minimum absolute atomic E-state index is 0.0695. The van der Waals surface area contributed by atoms with Crippen molar-refractivity contribution < 1.29 is 13.6 Å². The van der Waals surface area contributed by atoms with Gasteiger partial charge in [-0.2, -0.15) is 0 Å². The van der Waals surface area contributed by atoms with Gasteiger partial charge in [0.2, 0.25) is 5.91 Å². The Kier molecular flexibility index (Phi) is 5.57. The van der Waals surface area contributed by atoms with E-state index in [-0.39, 0.29) is 12.3 Å². The van der Waals surface area contributed by atoms with E-state index in [1.54, 1.807) is 0 Å². The summed E-state index contributed by atoms with van der Waals surface area (Å²) in [6, 6.07) is 11.7. The van der Waals surface area contributed by atoms with E-state index in [0.717, 1.165) is 47.6 Å². The Bertz CT molecular complexity index is 1110. The SMILES string of the molecule is CC(C)Cc1nc2c(nc1NC(=O)Cc1ccc(F)c(F)c1)CCc1ccccc1-2. The minimum atomic E-state index is -0.965. The van der Waals surface area contributed by atoms with Gasteiger partial charge in [-0.25, -0.2) is 18.7 Å². The average molecular weight is 407 g/mol. The molecule has 0 bridgehead atoms. The lowest BCUT2D eigenvalue weighted by Gasteiger charge is -2.21. The molecule has 4 nitrogen and oxygen atoms in total. The molecular weight excluding hydrogens is 384 g/mol. The molecule has 0 aliphatic heterocycles. The smallest absolute Gasteiger partial charge is 0.229 e. The van der Waals surface area contributed by atoms with E-state index in [9.17, 15) is 13.6 Å². The highest BCUT2D eigenvalue weighted by molar-refractivity contribution is 5.92. The second-order valence-electron chi connectivity index (χ2n) is 8.04. The van der Waals surface area contributed by atoms with Crippen molar-refractivity contribution in [3.63, 3.8) is 0 Å². The van der Waals surface area contributed by atoms with E-state index in [4.69, 9.17) is 9.97 Å². The first-order valence-corrected chi connectivity index (χ1v) is 10.1. The monoisotopic (exact) mass is 407 g/mol. The van der Waals surface area contributed by atoms with Gasteiger partial charge in [-0.1, -0.05) is 44.2 Å². The Balaban J connectivity index is 1.64. The minimum Gasteiger partial charge on any atom is -0.309 e. The Hall–Kier alpha value is -3.15. The number of fused-ring (bicyclic) bond motifs is 3. The average Bonchev–Trinajstić information content (AvgIpc) is 2.71. The zero-order valence-electron chi connectivity index (χ0n) is 17.0. The van der Waals surface area contributed by atoms with Crippen LogP contribution in [-0.4, -0.2) is 15.9 Å². The number of aryl methyl sites for hydroxylation is 2. The summed E-state index contributed by atoms with van der Waals surface area (Å²) in [5.74, 6) is -1.45. The van der Waals surface area contributed by atoms with Crippen molar-refractivity contribution in [2.75, 3.05) is 5.32 Å². The number of nitrogens with one attached hydrogen (secondary N) is 1. The summed E-state index contributed by atoms with van der Waals surface area (Å²) < 4.78 is 26.6. The standard InChI is InChI=1S/C24H23F2N3O/c1-14(2)11-21-24(29-22(30)13-15-7-9-18(25)19(26)12-15)28-20-10-8-16-5-3-4-6-17(16)23(20)27-21/h3-7,9,12,14H,8,10-11,13H2,1-2H3,(H,28,29,30). The molecule has 0 saturated heterocycles. The molecule has 1 amide bonds. The van der Waals surface area contributed by atoms with Crippen LogP contribution in [0, 0.1) is 17.6 Å². The number of rotatable bonds is 5. The van der Waals surface area contributed by atoms with Crippen LogP contribution in [0.2, 0.25) is 0 Å². The summed E-state index contributed by atoms with van der Waals surface area (Å²) in [4.78, 5) is 22.2. The Morgan fingerprint density at radius 3 is 2.63 bits per heavy atom.